The molecule has 0 saturated heterocycles. The fourth-order valence-corrected chi connectivity index (χ4v) is 4.13. The van der Waals surface area contributed by atoms with Gasteiger partial charge in [-0.25, -0.2) is 0 Å². The standard InChI is InChI=1S/C32H36N2O4/c1-4-37-31(35)14-6-5-7-19-38-30-13-9-11-26(21-30)23-34(24(2)3)32(36)28-17-15-27(16-18-28)29-12-8-10-25(20-29)22-33/h8-13,15-18,20-21,24H,4-7,14,19,23H2,1-3H3. The van der Waals surface area contributed by atoms with Crippen LogP contribution in [0, 0.1) is 11.3 Å². The van der Waals surface area contributed by atoms with Crippen LogP contribution in [0.5, 0.6) is 5.75 Å². The number of ether oxygens (including phenoxy) is 2. The molecule has 0 unspecified atom stereocenters. The number of esters is 1. The molecule has 198 valence electrons. The zero-order valence-electron chi connectivity index (χ0n) is 22.5. The Labute approximate surface area is 225 Å². The molecule has 0 spiro atoms. The molecule has 0 atom stereocenters. The number of benzene rings is 3. The topological polar surface area (TPSA) is 79.6 Å². The highest BCUT2D eigenvalue weighted by molar-refractivity contribution is 5.95. The zero-order valence-corrected chi connectivity index (χ0v) is 22.5. The van der Waals surface area contributed by atoms with Gasteiger partial charge in [-0.3, -0.25) is 9.59 Å². The number of amides is 1. The first-order chi connectivity index (χ1) is 18.4. The predicted octanol–water partition coefficient (Wildman–Crippen LogP) is 6.78. The molecule has 3 rings (SSSR count). The third kappa shape index (κ3) is 8.48. The van der Waals surface area contributed by atoms with E-state index in [1.807, 2.05) is 92.4 Å². The third-order valence-electron chi connectivity index (χ3n) is 6.19. The minimum absolute atomic E-state index is 0.0125. The van der Waals surface area contributed by atoms with Crippen molar-refractivity contribution in [2.24, 2.45) is 0 Å². The fourth-order valence-electron chi connectivity index (χ4n) is 4.13. The summed E-state index contributed by atoms with van der Waals surface area (Å²) < 4.78 is 10.9. The van der Waals surface area contributed by atoms with E-state index >= 15 is 0 Å². The van der Waals surface area contributed by atoms with E-state index in [1.54, 1.807) is 6.07 Å². The highest BCUT2D eigenvalue weighted by atomic mass is 16.5. The number of rotatable bonds is 13. The number of nitriles is 1. The van der Waals surface area contributed by atoms with Crippen molar-refractivity contribution < 1.29 is 19.1 Å². The van der Waals surface area contributed by atoms with Crippen LogP contribution < -0.4 is 4.74 Å². The fraction of sp³-hybridized carbons (Fsp3) is 0.344. The van der Waals surface area contributed by atoms with Gasteiger partial charge in [0.25, 0.3) is 5.91 Å². The Morgan fingerprint density at radius 3 is 2.39 bits per heavy atom. The van der Waals surface area contributed by atoms with Crippen LogP contribution in [0.25, 0.3) is 11.1 Å². The third-order valence-corrected chi connectivity index (χ3v) is 6.19. The van der Waals surface area contributed by atoms with Crippen molar-refractivity contribution in [1.29, 1.82) is 5.26 Å². The van der Waals surface area contributed by atoms with Crippen LogP contribution in [0.4, 0.5) is 0 Å². The second kappa shape index (κ2) is 14.6. The summed E-state index contributed by atoms with van der Waals surface area (Å²) in [5.41, 5.74) is 4.12. The summed E-state index contributed by atoms with van der Waals surface area (Å²) in [5, 5.41) is 9.16. The van der Waals surface area contributed by atoms with Crippen LogP contribution in [0.3, 0.4) is 0 Å². The number of hydrogen-bond acceptors (Lipinski definition) is 5. The first kappa shape index (κ1) is 28.5. The van der Waals surface area contributed by atoms with Crippen molar-refractivity contribution in [2.45, 2.75) is 59.0 Å². The maximum atomic E-state index is 13.4. The normalized spacial score (nSPS) is 10.6. The number of carbonyl (C=O) groups excluding carboxylic acids is 2. The molecule has 0 heterocycles. The summed E-state index contributed by atoms with van der Waals surface area (Å²) in [6.45, 7) is 7.30. The molecule has 38 heavy (non-hydrogen) atoms. The van der Waals surface area contributed by atoms with Gasteiger partial charge >= 0.3 is 5.97 Å². The first-order valence-electron chi connectivity index (χ1n) is 13.2. The number of nitrogens with zero attached hydrogens (tertiary/aromatic N) is 2. The van der Waals surface area contributed by atoms with Crippen molar-refractivity contribution in [3.05, 3.63) is 89.5 Å². The van der Waals surface area contributed by atoms with E-state index in [9.17, 15) is 9.59 Å². The highest BCUT2D eigenvalue weighted by Gasteiger charge is 2.19. The molecular formula is C32H36N2O4. The second-order valence-electron chi connectivity index (χ2n) is 9.41. The van der Waals surface area contributed by atoms with Crippen LogP contribution in [0.2, 0.25) is 0 Å². The van der Waals surface area contributed by atoms with Gasteiger partial charge in [-0.2, -0.15) is 5.26 Å². The summed E-state index contributed by atoms with van der Waals surface area (Å²) in [6, 6.07) is 25.0. The van der Waals surface area contributed by atoms with E-state index < -0.39 is 0 Å². The summed E-state index contributed by atoms with van der Waals surface area (Å²) in [6.07, 6.45) is 2.99. The second-order valence-corrected chi connectivity index (χ2v) is 9.41. The van der Waals surface area contributed by atoms with E-state index in [0.29, 0.717) is 37.3 Å². The van der Waals surface area contributed by atoms with Gasteiger partial charge in [0.05, 0.1) is 24.8 Å². The van der Waals surface area contributed by atoms with Gasteiger partial charge < -0.3 is 14.4 Å². The average molecular weight is 513 g/mol. The van der Waals surface area contributed by atoms with E-state index in [2.05, 4.69) is 6.07 Å². The quantitative estimate of drug-likeness (QED) is 0.186. The molecule has 6 nitrogen and oxygen atoms in total. The van der Waals surface area contributed by atoms with E-state index in [0.717, 1.165) is 41.7 Å². The zero-order chi connectivity index (χ0) is 27.3. The lowest BCUT2D eigenvalue weighted by atomic mass is 10.0. The molecule has 1 amide bonds. The summed E-state index contributed by atoms with van der Waals surface area (Å²) in [5.74, 6) is 0.588. The first-order valence-corrected chi connectivity index (χ1v) is 13.2. The van der Waals surface area contributed by atoms with Gasteiger partial charge in [0.2, 0.25) is 0 Å². The Bertz CT molecular complexity index is 1240. The van der Waals surface area contributed by atoms with Crippen LogP contribution in [-0.4, -0.2) is 36.0 Å². The minimum Gasteiger partial charge on any atom is -0.494 e. The Morgan fingerprint density at radius 2 is 1.68 bits per heavy atom. The van der Waals surface area contributed by atoms with Gasteiger partial charge in [-0.15, -0.1) is 0 Å². The van der Waals surface area contributed by atoms with Gasteiger partial charge in [0.1, 0.15) is 5.75 Å². The van der Waals surface area contributed by atoms with Gasteiger partial charge in [0, 0.05) is 24.6 Å². The molecule has 0 aliphatic carbocycles. The van der Waals surface area contributed by atoms with Crippen LogP contribution >= 0.6 is 0 Å². The van der Waals surface area contributed by atoms with Crippen LogP contribution in [-0.2, 0) is 16.1 Å². The van der Waals surface area contributed by atoms with Crippen molar-refractivity contribution in [3.63, 3.8) is 0 Å². The van der Waals surface area contributed by atoms with Gasteiger partial charge in [-0.1, -0.05) is 36.4 Å². The Kier molecular flexibility index (Phi) is 10.9. The monoisotopic (exact) mass is 512 g/mol. The summed E-state index contributed by atoms with van der Waals surface area (Å²) >= 11 is 0. The lowest BCUT2D eigenvalue weighted by molar-refractivity contribution is -0.143. The maximum absolute atomic E-state index is 13.4. The Balaban J connectivity index is 1.58. The molecule has 0 fully saturated rings. The summed E-state index contributed by atoms with van der Waals surface area (Å²) in [4.78, 5) is 26.7. The maximum Gasteiger partial charge on any atom is 0.305 e. The largest absolute Gasteiger partial charge is 0.494 e. The van der Waals surface area contributed by atoms with Crippen LogP contribution in [0.1, 0.15) is 67.9 Å². The number of carbonyl (C=O) groups is 2. The van der Waals surface area contributed by atoms with E-state index in [1.165, 1.54) is 0 Å². The molecule has 6 heteroatoms. The van der Waals surface area contributed by atoms with Crippen molar-refractivity contribution >= 4 is 11.9 Å². The molecule has 3 aromatic carbocycles. The molecule has 0 aromatic heterocycles. The van der Waals surface area contributed by atoms with E-state index in [4.69, 9.17) is 14.7 Å². The van der Waals surface area contributed by atoms with Crippen molar-refractivity contribution in [1.82, 2.24) is 4.90 Å². The molecule has 3 aromatic rings. The number of unbranched alkanes of at least 4 members (excludes halogenated alkanes) is 2. The van der Waals surface area contributed by atoms with Gasteiger partial charge in [-0.05, 0) is 93.1 Å². The van der Waals surface area contributed by atoms with Crippen molar-refractivity contribution in [3.8, 4) is 22.9 Å². The molecule has 0 bridgehead atoms. The Hall–Kier alpha value is -4.11. The summed E-state index contributed by atoms with van der Waals surface area (Å²) in [7, 11) is 0. The smallest absolute Gasteiger partial charge is 0.305 e. The lowest BCUT2D eigenvalue weighted by Crippen LogP contribution is -2.36. The highest BCUT2D eigenvalue weighted by Crippen LogP contribution is 2.23. The van der Waals surface area contributed by atoms with Gasteiger partial charge in [0.15, 0.2) is 0 Å². The molecule has 0 N–H and O–H groups in total. The molecule has 0 saturated carbocycles. The SMILES string of the molecule is CCOC(=O)CCCCCOc1cccc(CN(C(=O)c2ccc(-c3cccc(C#N)c3)cc2)C(C)C)c1. The Morgan fingerprint density at radius 1 is 0.921 bits per heavy atom. The van der Waals surface area contributed by atoms with Crippen molar-refractivity contribution in [2.75, 3.05) is 13.2 Å². The van der Waals surface area contributed by atoms with Crippen LogP contribution in [0.15, 0.2) is 72.8 Å². The molecule has 0 radical (unpaired) electrons. The molecular weight excluding hydrogens is 476 g/mol. The average Bonchev–Trinajstić information content (AvgIpc) is 2.93. The molecule has 0 aliphatic rings. The predicted molar refractivity (Wildman–Crippen MR) is 149 cm³/mol. The lowest BCUT2D eigenvalue weighted by Gasteiger charge is -2.27. The minimum atomic E-state index is -0.147. The molecule has 0 aliphatic heterocycles. The number of hydrogen-bond donors (Lipinski definition) is 0. The van der Waals surface area contributed by atoms with E-state index in [-0.39, 0.29) is 17.9 Å².